The molecule has 2 rings (SSSR count). The molecule has 0 aliphatic rings. The van der Waals surface area contributed by atoms with Gasteiger partial charge in [-0.2, -0.15) is 5.10 Å². The zero-order valence-corrected chi connectivity index (χ0v) is 7.29. The fourth-order valence-corrected chi connectivity index (χ4v) is 1.21. The highest BCUT2D eigenvalue weighted by molar-refractivity contribution is 5.67. The van der Waals surface area contributed by atoms with Crippen molar-refractivity contribution in [2.24, 2.45) is 0 Å². The van der Waals surface area contributed by atoms with E-state index in [0.717, 1.165) is 5.69 Å². The summed E-state index contributed by atoms with van der Waals surface area (Å²) in [5, 5.41) is 12.5. The number of hydrogen-bond donors (Lipinski definition) is 1. The minimum atomic E-state index is -0.831. The molecule has 0 unspecified atom stereocenters. The van der Waals surface area contributed by atoms with Crippen molar-refractivity contribution in [3.63, 3.8) is 0 Å². The molecule has 0 spiro atoms. The number of nitrogens with zero attached hydrogens (tertiary/aromatic N) is 4. The van der Waals surface area contributed by atoms with Crippen molar-refractivity contribution in [2.45, 2.75) is 12.8 Å². The molecule has 6 nitrogen and oxygen atoms in total. The minimum Gasteiger partial charge on any atom is -0.481 e. The summed E-state index contributed by atoms with van der Waals surface area (Å²) in [6.45, 7) is 0. The fourth-order valence-electron chi connectivity index (χ4n) is 1.21. The molecule has 2 heterocycles. The highest BCUT2D eigenvalue weighted by Crippen LogP contribution is 2.03. The third kappa shape index (κ3) is 1.54. The van der Waals surface area contributed by atoms with E-state index in [1.54, 1.807) is 16.9 Å². The molecule has 0 aliphatic carbocycles. The van der Waals surface area contributed by atoms with Gasteiger partial charge in [-0.3, -0.25) is 9.78 Å². The van der Waals surface area contributed by atoms with Gasteiger partial charge >= 0.3 is 5.97 Å². The van der Waals surface area contributed by atoms with E-state index in [-0.39, 0.29) is 6.42 Å². The SMILES string of the molecule is O=C(O)CCc1cncc2ncnn12. The number of hydrogen-bond acceptors (Lipinski definition) is 4. The van der Waals surface area contributed by atoms with Gasteiger partial charge in [0, 0.05) is 12.6 Å². The van der Waals surface area contributed by atoms with Gasteiger partial charge in [0.25, 0.3) is 0 Å². The van der Waals surface area contributed by atoms with Gasteiger partial charge in [0.15, 0.2) is 5.65 Å². The molecule has 72 valence electrons. The van der Waals surface area contributed by atoms with E-state index in [4.69, 9.17) is 5.11 Å². The number of carboxylic acids is 1. The topological polar surface area (TPSA) is 80.4 Å². The van der Waals surface area contributed by atoms with Crippen molar-refractivity contribution >= 4 is 11.6 Å². The summed E-state index contributed by atoms with van der Waals surface area (Å²) < 4.78 is 1.59. The van der Waals surface area contributed by atoms with E-state index < -0.39 is 5.97 Å². The zero-order chi connectivity index (χ0) is 9.97. The third-order valence-corrected chi connectivity index (χ3v) is 1.85. The Morgan fingerprint density at radius 3 is 3.14 bits per heavy atom. The molecule has 0 bridgehead atoms. The number of aromatic nitrogens is 4. The lowest BCUT2D eigenvalue weighted by Gasteiger charge is -2.00. The Labute approximate surface area is 79.2 Å². The Balaban J connectivity index is 2.32. The monoisotopic (exact) mass is 192 g/mol. The van der Waals surface area contributed by atoms with Crippen LogP contribution in [0.1, 0.15) is 12.1 Å². The summed E-state index contributed by atoms with van der Waals surface area (Å²) in [4.78, 5) is 18.3. The number of carbonyl (C=O) groups is 1. The van der Waals surface area contributed by atoms with E-state index >= 15 is 0 Å². The maximum absolute atomic E-state index is 10.4. The van der Waals surface area contributed by atoms with Gasteiger partial charge in [-0.15, -0.1) is 0 Å². The Hall–Kier alpha value is -1.98. The average Bonchev–Trinajstić information content (AvgIpc) is 2.62. The molecule has 2 aromatic heterocycles. The summed E-state index contributed by atoms with van der Waals surface area (Å²) in [7, 11) is 0. The van der Waals surface area contributed by atoms with Crippen molar-refractivity contribution < 1.29 is 9.90 Å². The molecule has 0 saturated heterocycles. The van der Waals surface area contributed by atoms with Crippen LogP contribution >= 0.6 is 0 Å². The van der Waals surface area contributed by atoms with Crippen LogP contribution in [0, 0.1) is 0 Å². The van der Waals surface area contributed by atoms with E-state index in [9.17, 15) is 4.79 Å². The van der Waals surface area contributed by atoms with Crippen LogP contribution in [0.2, 0.25) is 0 Å². The molecular weight excluding hydrogens is 184 g/mol. The Morgan fingerprint density at radius 2 is 2.36 bits per heavy atom. The van der Waals surface area contributed by atoms with Crippen LogP contribution in [-0.2, 0) is 11.2 Å². The van der Waals surface area contributed by atoms with Gasteiger partial charge in [-0.1, -0.05) is 0 Å². The van der Waals surface area contributed by atoms with Crippen LogP contribution in [-0.4, -0.2) is 30.7 Å². The second-order valence-corrected chi connectivity index (χ2v) is 2.82. The quantitative estimate of drug-likeness (QED) is 0.748. The average molecular weight is 192 g/mol. The molecular formula is C8H8N4O2. The number of carboxylic acid groups (broad SMARTS) is 1. The summed E-state index contributed by atoms with van der Waals surface area (Å²) in [5.41, 5.74) is 1.38. The number of aliphatic carboxylic acids is 1. The van der Waals surface area contributed by atoms with Crippen LogP contribution in [0.15, 0.2) is 18.7 Å². The lowest BCUT2D eigenvalue weighted by molar-refractivity contribution is -0.136. The molecule has 14 heavy (non-hydrogen) atoms. The summed E-state index contributed by atoms with van der Waals surface area (Å²) in [6.07, 6.45) is 5.08. The van der Waals surface area contributed by atoms with Crippen molar-refractivity contribution in [2.75, 3.05) is 0 Å². The second-order valence-electron chi connectivity index (χ2n) is 2.82. The van der Waals surface area contributed by atoms with Gasteiger partial charge in [0.2, 0.25) is 0 Å². The Morgan fingerprint density at radius 1 is 1.50 bits per heavy atom. The molecule has 0 saturated carbocycles. The van der Waals surface area contributed by atoms with Crippen LogP contribution in [0.5, 0.6) is 0 Å². The first kappa shape index (κ1) is 8.61. The van der Waals surface area contributed by atoms with Gasteiger partial charge in [-0.25, -0.2) is 9.50 Å². The third-order valence-electron chi connectivity index (χ3n) is 1.85. The zero-order valence-electron chi connectivity index (χ0n) is 7.29. The lowest BCUT2D eigenvalue weighted by Crippen LogP contribution is -2.04. The van der Waals surface area contributed by atoms with E-state index in [1.165, 1.54) is 6.33 Å². The standard InChI is InChI=1S/C8H8N4O2/c13-8(14)2-1-6-3-9-4-7-10-5-11-12(6)7/h3-5H,1-2H2,(H,13,14). The van der Waals surface area contributed by atoms with Gasteiger partial charge in [0.05, 0.1) is 18.3 Å². The van der Waals surface area contributed by atoms with Crippen LogP contribution in [0.25, 0.3) is 5.65 Å². The molecule has 0 fully saturated rings. The van der Waals surface area contributed by atoms with Gasteiger partial charge in [0.1, 0.15) is 6.33 Å². The molecule has 2 aromatic rings. The fraction of sp³-hybridized carbons (Fsp3) is 0.250. The molecule has 0 atom stereocenters. The summed E-state index contributed by atoms with van der Waals surface area (Å²) in [6, 6.07) is 0. The molecule has 6 heteroatoms. The van der Waals surface area contributed by atoms with Crippen molar-refractivity contribution in [1.29, 1.82) is 0 Å². The Bertz CT molecular complexity index is 465. The van der Waals surface area contributed by atoms with Crippen molar-refractivity contribution in [3.8, 4) is 0 Å². The second kappa shape index (κ2) is 3.41. The van der Waals surface area contributed by atoms with E-state index in [1.807, 2.05) is 0 Å². The number of rotatable bonds is 3. The highest BCUT2D eigenvalue weighted by Gasteiger charge is 2.04. The minimum absolute atomic E-state index is 0.0701. The van der Waals surface area contributed by atoms with Gasteiger partial charge in [-0.05, 0) is 0 Å². The highest BCUT2D eigenvalue weighted by atomic mass is 16.4. The number of aryl methyl sites for hydroxylation is 1. The van der Waals surface area contributed by atoms with Crippen molar-refractivity contribution in [3.05, 3.63) is 24.4 Å². The first-order valence-corrected chi connectivity index (χ1v) is 4.12. The normalized spacial score (nSPS) is 10.6. The van der Waals surface area contributed by atoms with Crippen LogP contribution in [0.4, 0.5) is 0 Å². The number of fused-ring (bicyclic) bond motifs is 1. The van der Waals surface area contributed by atoms with E-state index in [0.29, 0.717) is 12.1 Å². The smallest absolute Gasteiger partial charge is 0.303 e. The van der Waals surface area contributed by atoms with Gasteiger partial charge < -0.3 is 5.11 Å². The molecule has 0 aromatic carbocycles. The predicted molar refractivity (Wildman–Crippen MR) is 46.7 cm³/mol. The lowest BCUT2D eigenvalue weighted by atomic mass is 10.2. The van der Waals surface area contributed by atoms with Crippen LogP contribution in [0.3, 0.4) is 0 Å². The first-order chi connectivity index (χ1) is 6.77. The molecule has 0 radical (unpaired) electrons. The Kier molecular flexibility index (Phi) is 2.10. The largest absolute Gasteiger partial charge is 0.481 e. The predicted octanol–water partition coefficient (Wildman–Crippen LogP) is 0.141. The van der Waals surface area contributed by atoms with E-state index in [2.05, 4.69) is 15.1 Å². The maximum Gasteiger partial charge on any atom is 0.303 e. The molecule has 0 aliphatic heterocycles. The molecule has 1 N–H and O–H groups in total. The summed E-state index contributed by atoms with van der Waals surface area (Å²) >= 11 is 0. The van der Waals surface area contributed by atoms with Crippen molar-refractivity contribution in [1.82, 2.24) is 19.6 Å². The summed E-state index contributed by atoms with van der Waals surface area (Å²) in [5.74, 6) is -0.831. The maximum atomic E-state index is 10.4. The molecule has 0 amide bonds. The first-order valence-electron chi connectivity index (χ1n) is 4.12. The van der Waals surface area contributed by atoms with Crippen LogP contribution < -0.4 is 0 Å².